The van der Waals surface area contributed by atoms with Gasteiger partial charge in [0, 0.05) is 30.2 Å². The van der Waals surface area contributed by atoms with Crippen molar-refractivity contribution < 1.29 is 18.0 Å². The summed E-state index contributed by atoms with van der Waals surface area (Å²) in [5.41, 5.74) is 1.22. The van der Waals surface area contributed by atoms with Gasteiger partial charge in [0.15, 0.2) is 5.17 Å². The summed E-state index contributed by atoms with van der Waals surface area (Å²) in [7, 11) is -3.53. The Balaban J connectivity index is 1.31. The average molecular weight is 534 g/mol. The van der Waals surface area contributed by atoms with E-state index in [9.17, 15) is 18.0 Å². The topological polar surface area (TPSA) is 120 Å². The van der Waals surface area contributed by atoms with Crippen molar-refractivity contribution in [2.75, 3.05) is 18.4 Å². The predicted octanol–water partition coefficient (Wildman–Crippen LogP) is 3.46. The monoisotopic (exact) mass is 533 g/mol. The van der Waals surface area contributed by atoms with Crippen LogP contribution in [-0.2, 0) is 19.6 Å². The molecule has 1 atom stereocenters. The van der Waals surface area contributed by atoms with Gasteiger partial charge in [0.2, 0.25) is 21.8 Å². The van der Waals surface area contributed by atoms with Crippen LogP contribution in [0.5, 0.6) is 0 Å². The molecule has 0 saturated carbocycles. The lowest BCUT2D eigenvalue weighted by atomic mass is 10.2. The van der Waals surface area contributed by atoms with E-state index in [1.165, 1.54) is 22.7 Å². The summed E-state index contributed by atoms with van der Waals surface area (Å²) >= 11 is 7.05. The largest absolute Gasteiger partial charge is 0.326 e. The van der Waals surface area contributed by atoms with Crippen molar-refractivity contribution in [3.05, 3.63) is 59.1 Å². The first-order chi connectivity index (χ1) is 16.8. The minimum Gasteiger partial charge on any atom is -0.326 e. The molecule has 35 heavy (non-hydrogen) atoms. The number of nitrogens with zero attached hydrogens (tertiary/aromatic N) is 3. The number of carbonyl (C=O) groups is 2. The minimum atomic E-state index is -3.53. The molecule has 2 aromatic rings. The zero-order chi connectivity index (χ0) is 24.8. The highest BCUT2D eigenvalue weighted by Crippen LogP contribution is 2.24. The highest BCUT2D eigenvalue weighted by Gasteiger charge is 2.32. The van der Waals surface area contributed by atoms with Gasteiger partial charge in [0.05, 0.1) is 11.1 Å². The Bertz CT molecular complexity index is 1260. The van der Waals surface area contributed by atoms with Gasteiger partial charge in [-0.3, -0.25) is 9.59 Å². The molecule has 0 radical (unpaired) electrons. The van der Waals surface area contributed by atoms with Crippen molar-refractivity contribution in [2.45, 2.75) is 35.8 Å². The molecule has 2 amide bonds. The Morgan fingerprint density at radius 2 is 1.91 bits per heavy atom. The zero-order valence-electron chi connectivity index (χ0n) is 18.7. The van der Waals surface area contributed by atoms with Crippen molar-refractivity contribution >= 4 is 62.3 Å². The second kappa shape index (κ2) is 11.3. The molecule has 4 rings (SSSR count). The van der Waals surface area contributed by atoms with E-state index in [1.54, 1.807) is 30.3 Å². The van der Waals surface area contributed by atoms with Crippen LogP contribution in [0.1, 0.15) is 31.2 Å². The van der Waals surface area contributed by atoms with E-state index < -0.39 is 15.3 Å². The summed E-state index contributed by atoms with van der Waals surface area (Å²) in [5.74, 6) is -0.696. The van der Waals surface area contributed by atoms with Gasteiger partial charge in [-0.2, -0.15) is 9.41 Å². The molecule has 2 N–H and O–H groups in total. The van der Waals surface area contributed by atoms with Crippen molar-refractivity contribution in [1.29, 1.82) is 0 Å². The maximum absolute atomic E-state index is 12.8. The van der Waals surface area contributed by atoms with Crippen molar-refractivity contribution in [1.82, 2.24) is 9.62 Å². The summed E-state index contributed by atoms with van der Waals surface area (Å²) in [4.78, 5) is 24.9. The molecule has 2 aromatic carbocycles. The molecule has 0 aliphatic carbocycles. The first-order valence-corrected chi connectivity index (χ1v) is 13.8. The second-order valence-electron chi connectivity index (χ2n) is 8.04. The summed E-state index contributed by atoms with van der Waals surface area (Å²) < 4.78 is 27.0. The van der Waals surface area contributed by atoms with E-state index in [0.29, 0.717) is 29.0 Å². The standard InChI is InChI=1S/C23H24ClN5O4S2/c24-17-6-4-5-16(13-17)15-25-28-23-27-22(31)20(34-23)14-21(30)26-18-7-9-19(10-8-18)35(32,33)29-11-2-1-3-12-29/h4-10,13,15,20H,1-3,11-12,14H2,(H,26,30)(H,27,28,31)/b25-15-/t20-/m1/s1. The fraction of sp³-hybridized carbons (Fsp3) is 0.304. The molecule has 0 unspecified atom stereocenters. The molecule has 2 saturated heterocycles. The number of halogens is 1. The van der Waals surface area contributed by atoms with Crippen LogP contribution < -0.4 is 10.6 Å². The van der Waals surface area contributed by atoms with Crippen molar-refractivity contribution in [3.63, 3.8) is 0 Å². The minimum absolute atomic E-state index is 0.0681. The van der Waals surface area contributed by atoms with Gasteiger partial charge in [0.25, 0.3) is 0 Å². The maximum atomic E-state index is 12.8. The molecule has 2 heterocycles. The number of amides is 2. The number of sulfonamides is 1. The third-order valence-corrected chi connectivity index (χ3v) is 8.66. The van der Waals surface area contributed by atoms with Gasteiger partial charge in [-0.1, -0.05) is 41.9 Å². The van der Waals surface area contributed by atoms with Crippen LogP contribution in [0.2, 0.25) is 5.02 Å². The normalized spacial score (nSPS) is 20.3. The highest BCUT2D eigenvalue weighted by molar-refractivity contribution is 8.15. The number of hydrogen-bond donors (Lipinski definition) is 2. The molecular formula is C23H24ClN5O4S2. The molecule has 2 aliphatic heterocycles. The van der Waals surface area contributed by atoms with Gasteiger partial charge >= 0.3 is 0 Å². The third-order valence-electron chi connectivity index (χ3n) is 5.44. The van der Waals surface area contributed by atoms with E-state index in [1.807, 2.05) is 6.07 Å². The fourth-order valence-electron chi connectivity index (χ4n) is 3.67. The third kappa shape index (κ3) is 6.69. The van der Waals surface area contributed by atoms with Gasteiger partial charge in [-0.25, -0.2) is 8.42 Å². The average Bonchev–Trinajstić information content (AvgIpc) is 3.18. The lowest BCUT2D eigenvalue weighted by molar-refractivity contribution is -0.122. The van der Waals surface area contributed by atoms with Gasteiger partial charge in [-0.15, -0.1) is 5.10 Å². The van der Waals surface area contributed by atoms with Gasteiger partial charge < -0.3 is 10.6 Å². The summed E-state index contributed by atoms with van der Waals surface area (Å²) in [5, 5.41) is 13.5. The van der Waals surface area contributed by atoms with Crippen LogP contribution in [0.15, 0.2) is 63.6 Å². The second-order valence-corrected chi connectivity index (χ2v) is 11.6. The number of rotatable bonds is 7. The number of hydrogen-bond acceptors (Lipinski definition) is 7. The summed E-state index contributed by atoms with van der Waals surface area (Å²) in [6.07, 6.45) is 4.21. The first-order valence-electron chi connectivity index (χ1n) is 11.1. The van der Waals surface area contributed by atoms with Gasteiger partial charge in [0.1, 0.15) is 5.25 Å². The van der Waals surface area contributed by atoms with Crippen LogP contribution in [0.25, 0.3) is 0 Å². The predicted molar refractivity (Wildman–Crippen MR) is 138 cm³/mol. The van der Waals surface area contributed by atoms with Crippen molar-refractivity contribution in [2.24, 2.45) is 10.2 Å². The zero-order valence-corrected chi connectivity index (χ0v) is 21.1. The summed E-state index contributed by atoms with van der Waals surface area (Å²) in [6, 6.07) is 13.2. The smallest absolute Gasteiger partial charge is 0.243 e. The number of amidine groups is 1. The first kappa shape index (κ1) is 25.4. The molecule has 0 bridgehead atoms. The van der Waals surface area contributed by atoms with Crippen LogP contribution in [0.3, 0.4) is 0 Å². The molecule has 0 aromatic heterocycles. The van der Waals surface area contributed by atoms with Crippen LogP contribution in [0, 0.1) is 0 Å². The molecular weight excluding hydrogens is 510 g/mol. The Hall–Kier alpha value is -2.73. The van der Waals surface area contributed by atoms with E-state index in [-0.39, 0.29) is 23.1 Å². The van der Waals surface area contributed by atoms with Crippen molar-refractivity contribution in [3.8, 4) is 0 Å². The molecule has 2 fully saturated rings. The Morgan fingerprint density at radius 1 is 1.17 bits per heavy atom. The number of thioether (sulfide) groups is 1. The molecule has 9 nitrogen and oxygen atoms in total. The Morgan fingerprint density at radius 3 is 2.63 bits per heavy atom. The molecule has 184 valence electrons. The number of benzene rings is 2. The van der Waals surface area contributed by atoms with E-state index in [0.717, 1.165) is 36.6 Å². The van der Waals surface area contributed by atoms with E-state index >= 15 is 0 Å². The maximum Gasteiger partial charge on any atom is 0.243 e. The fourth-order valence-corrected chi connectivity index (χ4v) is 6.31. The Kier molecular flexibility index (Phi) is 8.22. The number of carbonyl (C=O) groups excluding carboxylic acids is 2. The molecule has 12 heteroatoms. The lowest BCUT2D eigenvalue weighted by Crippen LogP contribution is -2.35. The van der Waals surface area contributed by atoms with Crippen LogP contribution in [0.4, 0.5) is 5.69 Å². The van der Waals surface area contributed by atoms with Crippen LogP contribution >= 0.6 is 23.4 Å². The summed E-state index contributed by atoms with van der Waals surface area (Å²) in [6.45, 7) is 1.05. The molecule has 0 spiro atoms. The van der Waals surface area contributed by atoms with Crippen LogP contribution in [-0.4, -0.2) is 54.3 Å². The van der Waals surface area contributed by atoms with Gasteiger partial charge in [-0.05, 0) is 54.8 Å². The highest BCUT2D eigenvalue weighted by atomic mass is 35.5. The SMILES string of the molecule is O=C(C[C@H]1S/C(=N\N=C/c2cccc(Cl)c2)NC1=O)Nc1ccc(S(=O)(=O)N2CCCCC2)cc1. The van der Waals surface area contributed by atoms with E-state index in [2.05, 4.69) is 20.8 Å². The number of nitrogens with one attached hydrogen (secondary N) is 2. The lowest BCUT2D eigenvalue weighted by Gasteiger charge is -2.25. The van der Waals surface area contributed by atoms with E-state index in [4.69, 9.17) is 11.6 Å². The quantitative estimate of drug-likeness (QED) is 0.417. The number of anilines is 1. The number of piperidine rings is 1. The molecule has 2 aliphatic rings. The Labute approximate surface area is 213 Å².